The highest BCUT2D eigenvalue weighted by Gasteiger charge is 2.16. The maximum atomic E-state index is 13.6. The number of benzene rings is 1. The lowest BCUT2D eigenvalue weighted by molar-refractivity contribution is 0.608. The van der Waals surface area contributed by atoms with Gasteiger partial charge in [0, 0.05) is 9.75 Å². The SMILES string of the molecule is Cc1cc(C(Br)c2cc(C)c(F)c(C)c2)sc1C. The molecule has 0 N–H and O–H groups in total. The van der Waals surface area contributed by atoms with Gasteiger partial charge in [0.05, 0.1) is 4.83 Å². The van der Waals surface area contributed by atoms with Crippen molar-refractivity contribution in [2.75, 3.05) is 0 Å². The van der Waals surface area contributed by atoms with Crippen molar-refractivity contribution < 1.29 is 4.39 Å². The van der Waals surface area contributed by atoms with Crippen LogP contribution in [-0.2, 0) is 0 Å². The average molecular weight is 327 g/mol. The van der Waals surface area contributed by atoms with E-state index in [1.165, 1.54) is 15.3 Å². The van der Waals surface area contributed by atoms with Gasteiger partial charge in [-0.3, -0.25) is 0 Å². The molecule has 0 aliphatic heterocycles. The summed E-state index contributed by atoms with van der Waals surface area (Å²) in [6, 6.07) is 6.05. The van der Waals surface area contributed by atoms with Crippen molar-refractivity contribution in [3.8, 4) is 0 Å². The van der Waals surface area contributed by atoms with Gasteiger partial charge in [-0.1, -0.05) is 28.1 Å². The molecule has 0 bridgehead atoms. The van der Waals surface area contributed by atoms with Crippen molar-refractivity contribution in [3.05, 3.63) is 56.0 Å². The van der Waals surface area contributed by atoms with Crippen LogP contribution in [0.15, 0.2) is 18.2 Å². The van der Waals surface area contributed by atoms with Crippen LogP contribution in [-0.4, -0.2) is 0 Å². The molecule has 0 aliphatic carbocycles. The minimum atomic E-state index is -0.100. The fraction of sp³-hybridized carbons (Fsp3) is 0.333. The van der Waals surface area contributed by atoms with E-state index < -0.39 is 0 Å². The molecule has 1 heterocycles. The molecule has 1 aromatic carbocycles. The summed E-state index contributed by atoms with van der Waals surface area (Å²) in [7, 11) is 0. The van der Waals surface area contributed by atoms with E-state index in [1.807, 2.05) is 26.0 Å². The topological polar surface area (TPSA) is 0 Å². The summed E-state index contributed by atoms with van der Waals surface area (Å²) in [5.41, 5.74) is 3.85. The Morgan fingerprint density at radius 1 is 1.00 bits per heavy atom. The summed E-state index contributed by atoms with van der Waals surface area (Å²) < 4.78 is 13.6. The zero-order chi connectivity index (χ0) is 13.4. The molecule has 0 saturated carbocycles. The van der Waals surface area contributed by atoms with E-state index in [1.54, 1.807) is 11.3 Å². The molecular formula is C15H16BrFS. The molecule has 1 atom stereocenters. The number of hydrogen-bond donors (Lipinski definition) is 0. The van der Waals surface area contributed by atoms with Gasteiger partial charge in [0.1, 0.15) is 5.82 Å². The van der Waals surface area contributed by atoms with Gasteiger partial charge in [0.15, 0.2) is 0 Å². The highest BCUT2D eigenvalue weighted by Crippen LogP contribution is 2.37. The molecule has 0 aliphatic rings. The quantitative estimate of drug-likeness (QED) is 0.629. The molecule has 2 rings (SSSR count). The third-order valence-electron chi connectivity index (χ3n) is 3.19. The third-order valence-corrected chi connectivity index (χ3v) is 5.73. The molecule has 96 valence electrons. The van der Waals surface area contributed by atoms with Gasteiger partial charge in [-0.05, 0) is 56.0 Å². The van der Waals surface area contributed by atoms with E-state index in [0.29, 0.717) is 11.1 Å². The van der Waals surface area contributed by atoms with Gasteiger partial charge in [-0.2, -0.15) is 0 Å². The Hall–Kier alpha value is -0.670. The molecule has 0 spiro atoms. The summed E-state index contributed by atoms with van der Waals surface area (Å²) in [5.74, 6) is -0.100. The van der Waals surface area contributed by atoms with Crippen LogP contribution in [0, 0.1) is 33.5 Å². The molecule has 1 aromatic heterocycles. The Kier molecular flexibility index (Phi) is 3.93. The van der Waals surface area contributed by atoms with E-state index in [9.17, 15) is 4.39 Å². The Morgan fingerprint density at radius 3 is 2.00 bits per heavy atom. The van der Waals surface area contributed by atoms with Crippen molar-refractivity contribution >= 4 is 27.3 Å². The largest absolute Gasteiger partial charge is 0.206 e. The van der Waals surface area contributed by atoms with E-state index in [0.717, 1.165) is 5.56 Å². The summed E-state index contributed by atoms with van der Waals surface area (Å²) in [4.78, 5) is 2.76. The van der Waals surface area contributed by atoms with Crippen LogP contribution < -0.4 is 0 Å². The van der Waals surface area contributed by atoms with Gasteiger partial charge in [-0.15, -0.1) is 11.3 Å². The standard InChI is InChI=1S/C15H16BrFS/c1-8-7-13(18-11(8)4)14(16)12-5-9(2)15(17)10(3)6-12/h5-7,14H,1-4H3. The Bertz CT molecular complexity index is 544. The van der Waals surface area contributed by atoms with Crippen LogP contribution in [0.25, 0.3) is 0 Å². The lowest BCUT2D eigenvalue weighted by Crippen LogP contribution is -1.95. The zero-order valence-electron chi connectivity index (χ0n) is 11.0. The van der Waals surface area contributed by atoms with E-state index in [2.05, 4.69) is 35.8 Å². The second-order valence-electron chi connectivity index (χ2n) is 4.72. The number of halogens is 2. The smallest absolute Gasteiger partial charge is 0.129 e. The Labute approximate surface area is 120 Å². The van der Waals surface area contributed by atoms with Crippen LogP contribution in [0.5, 0.6) is 0 Å². The Balaban J connectivity index is 2.42. The summed E-state index contributed by atoms with van der Waals surface area (Å²) in [6.07, 6.45) is 0. The van der Waals surface area contributed by atoms with E-state index in [4.69, 9.17) is 0 Å². The van der Waals surface area contributed by atoms with Gasteiger partial charge < -0.3 is 0 Å². The van der Waals surface area contributed by atoms with E-state index >= 15 is 0 Å². The van der Waals surface area contributed by atoms with Crippen LogP contribution in [0.2, 0.25) is 0 Å². The van der Waals surface area contributed by atoms with Crippen molar-refractivity contribution in [1.82, 2.24) is 0 Å². The van der Waals surface area contributed by atoms with Gasteiger partial charge in [0.25, 0.3) is 0 Å². The van der Waals surface area contributed by atoms with Gasteiger partial charge in [-0.25, -0.2) is 4.39 Å². The number of hydrogen-bond acceptors (Lipinski definition) is 1. The molecule has 3 heteroatoms. The second-order valence-corrected chi connectivity index (χ2v) is 6.92. The van der Waals surface area contributed by atoms with Crippen LogP contribution in [0.1, 0.15) is 36.8 Å². The first-order valence-electron chi connectivity index (χ1n) is 5.87. The summed E-state index contributed by atoms with van der Waals surface area (Å²) >= 11 is 5.52. The first-order chi connectivity index (χ1) is 8.40. The maximum absolute atomic E-state index is 13.6. The van der Waals surface area contributed by atoms with Crippen LogP contribution >= 0.6 is 27.3 Å². The van der Waals surface area contributed by atoms with Gasteiger partial charge >= 0.3 is 0 Å². The molecule has 18 heavy (non-hydrogen) atoms. The monoisotopic (exact) mass is 326 g/mol. The van der Waals surface area contributed by atoms with Crippen molar-refractivity contribution in [2.45, 2.75) is 32.5 Å². The molecular weight excluding hydrogens is 311 g/mol. The minimum Gasteiger partial charge on any atom is -0.206 e. The number of alkyl halides is 1. The molecule has 0 fully saturated rings. The number of aryl methyl sites for hydroxylation is 4. The lowest BCUT2D eigenvalue weighted by Gasteiger charge is -2.11. The van der Waals surface area contributed by atoms with E-state index in [-0.39, 0.29) is 10.6 Å². The van der Waals surface area contributed by atoms with Crippen LogP contribution in [0.3, 0.4) is 0 Å². The summed E-state index contributed by atoms with van der Waals surface area (Å²) in [5, 5.41) is 0. The first kappa shape index (κ1) is 13.8. The predicted molar refractivity (Wildman–Crippen MR) is 80.4 cm³/mol. The summed E-state index contributed by atoms with van der Waals surface area (Å²) in [6.45, 7) is 7.88. The van der Waals surface area contributed by atoms with Crippen molar-refractivity contribution in [2.24, 2.45) is 0 Å². The fourth-order valence-corrected chi connectivity index (χ4v) is 3.74. The molecule has 1 unspecified atom stereocenters. The highest BCUT2D eigenvalue weighted by atomic mass is 79.9. The molecule has 0 amide bonds. The van der Waals surface area contributed by atoms with Crippen LogP contribution in [0.4, 0.5) is 4.39 Å². The molecule has 0 radical (unpaired) electrons. The normalized spacial score (nSPS) is 12.8. The predicted octanol–water partition coefficient (Wildman–Crippen LogP) is 5.61. The van der Waals surface area contributed by atoms with Crippen molar-refractivity contribution in [3.63, 3.8) is 0 Å². The third kappa shape index (κ3) is 2.52. The maximum Gasteiger partial charge on any atom is 0.129 e. The lowest BCUT2D eigenvalue weighted by atomic mass is 10.0. The molecule has 0 nitrogen and oxygen atoms in total. The fourth-order valence-electron chi connectivity index (χ4n) is 2.02. The molecule has 2 aromatic rings. The highest BCUT2D eigenvalue weighted by molar-refractivity contribution is 9.09. The zero-order valence-corrected chi connectivity index (χ0v) is 13.4. The minimum absolute atomic E-state index is 0.100. The number of thiophene rings is 1. The molecule has 0 saturated heterocycles. The first-order valence-corrected chi connectivity index (χ1v) is 7.61. The Morgan fingerprint density at radius 2 is 1.56 bits per heavy atom. The number of rotatable bonds is 2. The van der Waals surface area contributed by atoms with Crippen molar-refractivity contribution in [1.29, 1.82) is 0 Å². The van der Waals surface area contributed by atoms with Gasteiger partial charge in [0.2, 0.25) is 0 Å². The average Bonchev–Trinajstić information content (AvgIpc) is 2.65. The second kappa shape index (κ2) is 5.14.